The van der Waals surface area contributed by atoms with Crippen LogP contribution in [0.3, 0.4) is 0 Å². The van der Waals surface area contributed by atoms with Crippen molar-refractivity contribution in [1.82, 2.24) is 14.3 Å². The van der Waals surface area contributed by atoms with E-state index >= 15 is 0 Å². The number of methoxy groups -OCH3 is 1. The van der Waals surface area contributed by atoms with E-state index in [2.05, 4.69) is 22.2 Å². The summed E-state index contributed by atoms with van der Waals surface area (Å²) in [4.78, 5) is 13.0. The number of ether oxygens (including phenoxy) is 1. The standard InChI is InChI=1S/C26H37N3O4S/c1-4-19-29(5-2)34(31,32)28-22-15-17-26(18-16-22,21-11-7-6-8-12-21)20-27-25(30)23-13-9-10-14-24(23)33-3/h6-14,22,28H,4-5,15-20H2,1-3H3,(H,27,30). The fraction of sp³-hybridized carbons (Fsp3) is 0.500. The molecule has 8 heteroatoms. The zero-order valence-corrected chi connectivity index (χ0v) is 21.2. The van der Waals surface area contributed by atoms with E-state index in [1.54, 1.807) is 19.2 Å². The van der Waals surface area contributed by atoms with Crippen LogP contribution in [0.4, 0.5) is 0 Å². The zero-order chi connectivity index (χ0) is 24.6. The summed E-state index contributed by atoms with van der Waals surface area (Å²) in [6.45, 7) is 5.29. The van der Waals surface area contributed by atoms with Gasteiger partial charge in [0.05, 0.1) is 12.7 Å². The van der Waals surface area contributed by atoms with Gasteiger partial charge in [-0.25, -0.2) is 0 Å². The summed E-state index contributed by atoms with van der Waals surface area (Å²) in [6.07, 6.45) is 3.75. The molecule has 1 amide bonds. The third-order valence-electron chi connectivity index (χ3n) is 6.75. The quantitative estimate of drug-likeness (QED) is 0.504. The minimum absolute atomic E-state index is 0.113. The first-order valence-electron chi connectivity index (χ1n) is 12.1. The third kappa shape index (κ3) is 6.17. The molecule has 2 aromatic rings. The molecule has 1 fully saturated rings. The van der Waals surface area contributed by atoms with Gasteiger partial charge >= 0.3 is 0 Å². The fourth-order valence-corrected chi connectivity index (χ4v) is 6.38. The van der Waals surface area contributed by atoms with Gasteiger partial charge in [0.1, 0.15) is 5.75 Å². The maximum absolute atomic E-state index is 13.0. The van der Waals surface area contributed by atoms with Crippen molar-refractivity contribution in [3.63, 3.8) is 0 Å². The molecule has 1 aliphatic carbocycles. The molecule has 0 bridgehead atoms. The van der Waals surface area contributed by atoms with Gasteiger partial charge in [0.25, 0.3) is 16.1 Å². The lowest BCUT2D eigenvalue weighted by molar-refractivity contribution is 0.0932. The van der Waals surface area contributed by atoms with Crippen LogP contribution < -0.4 is 14.8 Å². The Morgan fingerprint density at radius 2 is 1.71 bits per heavy atom. The summed E-state index contributed by atoms with van der Waals surface area (Å²) >= 11 is 0. The van der Waals surface area contributed by atoms with Crippen molar-refractivity contribution in [1.29, 1.82) is 0 Å². The Morgan fingerprint density at radius 1 is 1.06 bits per heavy atom. The number of hydrogen-bond acceptors (Lipinski definition) is 4. The predicted octanol–water partition coefficient (Wildman–Crippen LogP) is 3.87. The van der Waals surface area contributed by atoms with E-state index in [-0.39, 0.29) is 17.4 Å². The molecule has 186 valence electrons. The second-order valence-corrected chi connectivity index (χ2v) is 10.6. The van der Waals surface area contributed by atoms with Gasteiger partial charge in [-0.05, 0) is 49.8 Å². The Bertz CT molecular complexity index is 1040. The molecule has 2 N–H and O–H groups in total. The van der Waals surface area contributed by atoms with Crippen LogP contribution in [-0.4, -0.2) is 51.4 Å². The Kier molecular flexibility index (Phi) is 9.10. The number of para-hydroxylation sites is 1. The lowest BCUT2D eigenvalue weighted by Crippen LogP contribution is -2.50. The molecule has 3 rings (SSSR count). The van der Waals surface area contributed by atoms with E-state index in [0.29, 0.717) is 43.8 Å². The van der Waals surface area contributed by atoms with Crippen molar-refractivity contribution >= 4 is 16.1 Å². The van der Waals surface area contributed by atoms with Crippen molar-refractivity contribution in [2.24, 2.45) is 0 Å². The molecule has 0 radical (unpaired) electrons. The molecule has 1 aliphatic rings. The molecule has 0 unspecified atom stereocenters. The zero-order valence-electron chi connectivity index (χ0n) is 20.4. The van der Waals surface area contributed by atoms with Crippen molar-refractivity contribution < 1.29 is 17.9 Å². The molecule has 0 saturated heterocycles. The Labute approximate surface area is 204 Å². The minimum Gasteiger partial charge on any atom is -0.496 e. The first-order valence-corrected chi connectivity index (χ1v) is 13.5. The molecule has 2 aromatic carbocycles. The van der Waals surface area contributed by atoms with Crippen LogP contribution in [0, 0.1) is 0 Å². The minimum atomic E-state index is -3.51. The molecule has 7 nitrogen and oxygen atoms in total. The highest BCUT2D eigenvalue weighted by molar-refractivity contribution is 7.87. The number of carbonyl (C=O) groups is 1. The van der Waals surface area contributed by atoms with Crippen LogP contribution in [0.1, 0.15) is 61.9 Å². The summed E-state index contributed by atoms with van der Waals surface area (Å²) in [5.74, 6) is 0.369. The summed E-state index contributed by atoms with van der Waals surface area (Å²) in [7, 11) is -1.95. The van der Waals surface area contributed by atoms with Crippen LogP contribution >= 0.6 is 0 Å². The van der Waals surface area contributed by atoms with Gasteiger partial charge in [0, 0.05) is 31.1 Å². The highest BCUT2D eigenvalue weighted by Crippen LogP contribution is 2.39. The number of nitrogens with one attached hydrogen (secondary N) is 2. The van der Waals surface area contributed by atoms with E-state index in [9.17, 15) is 13.2 Å². The summed E-state index contributed by atoms with van der Waals surface area (Å²) < 4.78 is 35.4. The van der Waals surface area contributed by atoms with E-state index in [0.717, 1.165) is 24.8 Å². The predicted molar refractivity (Wildman–Crippen MR) is 135 cm³/mol. The van der Waals surface area contributed by atoms with Crippen molar-refractivity contribution in [3.05, 3.63) is 65.7 Å². The fourth-order valence-electron chi connectivity index (χ4n) is 4.81. The van der Waals surface area contributed by atoms with Crippen LogP contribution in [0.5, 0.6) is 5.75 Å². The Balaban J connectivity index is 1.73. The molecular weight excluding hydrogens is 450 g/mol. The second-order valence-electron chi connectivity index (χ2n) is 8.92. The Morgan fingerprint density at radius 3 is 2.32 bits per heavy atom. The van der Waals surface area contributed by atoms with E-state index in [1.165, 1.54) is 4.31 Å². The van der Waals surface area contributed by atoms with E-state index in [4.69, 9.17) is 4.74 Å². The molecule has 0 heterocycles. The highest BCUT2D eigenvalue weighted by atomic mass is 32.2. The number of carbonyl (C=O) groups excluding carboxylic acids is 1. The van der Waals surface area contributed by atoms with Gasteiger partial charge in [-0.2, -0.15) is 17.4 Å². The summed E-state index contributed by atoms with van der Waals surface area (Å²) in [6, 6.07) is 17.3. The maximum atomic E-state index is 13.0. The van der Waals surface area contributed by atoms with Gasteiger partial charge < -0.3 is 10.1 Å². The number of rotatable bonds is 11. The van der Waals surface area contributed by atoms with E-state index < -0.39 is 10.2 Å². The summed E-state index contributed by atoms with van der Waals surface area (Å²) in [5.41, 5.74) is 1.41. The SMILES string of the molecule is CCCN(CC)S(=O)(=O)NC1CCC(CNC(=O)c2ccccc2OC)(c2ccccc2)CC1. The molecular formula is C26H37N3O4S. The lowest BCUT2D eigenvalue weighted by atomic mass is 9.68. The summed E-state index contributed by atoms with van der Waals surface area (Å²) in [5, 5.41) is 3.12. The second kappa shape index (κ2) is 11.8. The largest absolute Gasteiger partial charge is 0.496 e. The van der Waals surface area contributed by atoms with Gasteiger partial charge in [0.2, 0.25) is 0 Å². The van der Waals surface area contributed by atoms with Crippen LogP contribution in [0.25, 0.3) is 0 Å². The monoisotopic (exact) mass is 487 g/mol. The van der Waals surface area contributed by atoms with Crippen LogP contribution in [-0.2, 0) is 15.6 Å². The van der Waals surface area contributed by atoms with Crippen molar-refractivity contribution in [2.75, 3.05) is 26.7 Å². The van der Waals surface area contributed by atoms with Gasteiger partial charge in [-0.1, -0.05) is 56.3 Å². The van der Waals surface area contributed by atoms with Crippen molar-refractivity contribution in [3.8, 4) is 5.75 Å². The first kappa shape index (κ1) is 26.2. The number of benzene rings is 2. The van der Waals surface area contributed by atoms with Crippen LogP contribution in [0.15, 0.2) is 54.6 Å². The Hall–Kier alpha value is -2.42. The van der Waals surface area contributed by atoms with Crippen LogP contribution in [0.2, 0.25) is 0 Å². The molecule has 0 aliphatic heterocycles. The third-order valence-corrected chi connectivity index (χ3v) is 8.50. The smallest absolute Gasteiger partial charge is 0.279 e. The molecule has 1 saturated carbocycles. The van der Waals surface area contributed by atoms with Gasteiger partial charge in [-0.3, -0.25) is 4.79 Å². The van der Waals surface area contributed by atoms with Gasteiger partial charge in [-0.15, -0.1) is 0 Å². The molecule has 0 spiro atoms. The maximum Gasteiger partial charge on any atom is 0.279 e. The van der Waals surface area contributed by atoms with E-state index in [1.807, 2.05) is 44.2 Å². The number of hydrogen-bond donors (Lipinski definition) is 2. The first-order chi connectivity index (χ1) is 16.3. The normalized spacial score (nSPS) is 20.8. The average Bonchev–Trinajstić information content (AvgIpc) is 2.87. The number of amides is 1. The molecule has 0 atom stereocenters. The van der Waals surface area contributed by atoms with Gasteiger partial charge in [0.15, 0.2) is 0 Å². The average molecular weight is 488 g/mol. The van der Waals surface area contributed by atoms with Crippen molar-refractivity contribution in [2.45, 2.75) is 57.4 Å². The molecule has 34 heavy (non-hydrogen) atoms. The lowest BCUT2D eigenvalue weighted by Gasteiger charge is -2.41. The number of nitrogens with zero attached hydrogens (tertiary/aromatic N) is 1. The molecule has 0 aromatic heterocycles. The highest BCUT2D eigenvalue weighted by Gasteiger charge is 2.38. The topological polar surface area (TPSA) is 87.7 Å².